The van der Waals surface area contributed by atoms with E-state index in [1.54, 1.807) is 0 Å². The van der Waals surface area contributed by atoms with Crippen molar-refractivity contribution in [1.29, 1.82) is 0 Å². The van der Waals surface area contributed by atoms with Crippen molar-refractivity contribution in [2.45, 2.75) is 77.8 Å². The molecule has 14 heteroatoms. The zero-order chi connectivity index (χ0) is 29.4. The molecule has 42 heavy (non-hydrogen) atoms. The van der Waals surface area contributed by atoms with E-state index in [0.717, 1.165) is 58.3 Å². The van der Waals surface area contributed by atoms with E-state index >= 15 is 0 Å². The lowest BCUT2D eigenvalue weighted by Gasteiger charge is -2.28. The summed E-state index contributed by atoms with van der Waals surface area (Å²) in [5.41, 5.74) is 0. The minimum atomic E-state index is -0.218. The molecule has 0 aromatic carbocycles. The van der Waals surface area contributed by atoms with Gasteiger partial charge in [-0.15, -0.1) is 0 Å². The van der Waals surface area contributed by atoms with E-state index in [2.05, 4.69) is 20.8 Å². The van der Waals surface area contributed by atoms with Crippen LogP contribution in [0.1, 0.15) is 59.3 Å². The third-order valence-electron chi connectivity index (χ3n) is 6.63. The zero-order valence-corrected chi connectivity index (χ0v) is 25.6. The molecule has 0 bridgehead atoms. The monoisotopic (exact) mass is 598 g/mol. The van der Waals surface area contributed by atoms with Gasteiger partial charge in [0.15, 0.2) is 6.29 Å². The van der Waals surface area contributed by atoms with Gasteiger partial charge in [-0.1, -0.05) is 40.0 Å². The Balaban J connectivity index is 1.58. The molecule has 0 N–H and O–H groups in total. The number of hydrogen-bond acceptors (Lipinski definition) is 14. The second kappa shape index (κ2) is 18.7. The topological polar surface area (TPSA) is 132 Å². The van der Waals surface area contributed by atoms with E-state index < -0.39 is 0 Å². The van der Waals surface area contributed by atoms with Crippen LogP contribution in [-0.4, -0.2) is 120 Å². The number of anilines is 3. The Morgan fingerprint density at radius 1 is 0.595 bits per heavy atom. The Morgan fingerprint density at radius 2 is 1.05 bits per heavy atom. The van der Waals surface area contributed by atoms with Crippen molar-refractivity contribution in [3.63, 3.8) is 0 Å². The third kappa shape index (κ3) is 12.8. The molecular formula is C28H50N6O8. The van der Waals surface area contributed by atoms with E-state index in [0.29, 0.717) is 57.6 Å². The molecule has 240 valence electrons. The summed E-state index contributed by atoms with van der Waals surface area (Å²) in [6, 6.07) is 0. The summed E-state index contributed by atoms with van der Waals surface area (Å²) >= 11 is 0. The number of epoxide rings is 3. The summed E-state index contributed by atoms with van der Waals surface area (Å²) in [4.78, 5) is 20.5. The molecule has 4 rings (SSSR count). The predicted octanol–water partition coefficient (Wildman–Crippen LogP) is 2.72. The molecule has 3 saturated heterocycles. The fourth-order valence-electron chi connectivity index (χ4n) is 3.71. The Bertz CT molecular complexity index is 877. The van der Waals surface area contributed by atoms with Crippen molar-refractivity contribution in [3.05, 3.63) is 0 Å². The van der Waals surface area contributed by atoms with Crippen LogP contribution in [0.4, 0.5) is 17.8 Å². The van der Waals surface area contributed by atoms with Gasteiger partial charge in [0.05, 0.1) is 26.4 Å². The molecule has 3 atom stereocenters. The summed E-state index contributed by atoms with van der Waals surface area (Å²) in [6.45, 7) is 12.9. The van der Waals surface area contributed by atoms with Crippen molar-refractivity contribution in [2.75, 3.05) is 101 Å². The molecule has 0 aliphatic carbocycles. The van der Waals surface area contributed by atoms with E-state index in [1.165, 1.54) is 0 Å². The van der Waals surface area contributed by atoms with Crippen molar-refractivity contribution < 1.29 is 37.9 Å². The number of aromatic nitrogens is 3. The van der Waals surface area contributed by atoms with Gasteiger partial charge in [-0.05, 0) is 19.3 Å². The van der Waals surface area contributed by atoms with E-state index in [4.69, 9.17) is 52.8 Å². The lowest BCUT2D eigenvalue weighted by atomic mass is 10.3. The van der Waals surface area contributed by atoms with Crippen molar-refractivity contribution in [3.8, 4) is 0 Å². The van der Waals surface area contributed by atoms with Gasteiger partial charge >= 0.3 is 0 Å². The van der Waals surface area contributed by atoms with Gasteiger partial charge < -0.3 is 42.8 Å². The zero-order valence-electron chi connectivity index (χ0n) is 25.6. The smallest absolute Gasteiger partial charge is 0.235 e. The first-order valence-electron chi connectivity index (χ1n) is 15.5. The largest absolute Gasteiger partial charge is 0.371 e. The van der Waals surface area contributed by atoms with Crippen molar-refractivity contribution in [1.82, 2.24) is 15.0 Å². The lowest BCUT2D eigenvalue weighted by molar-refractivity contribution is 0.0323. The molecule has 1 aromatic heterocycles. The van der Waals surface area contributed by atoms with Crippen LogP contribution in [0.25, 0.3) is 0 Å². The number of nitrogens with zero attached hydrogens (tertiary/aromatic N) is 6. The Labute approximate surface area is 249 Å². The van der Waals surface area contributed by atoms with Gasteiger partial charge in [-0.25, -0.2) is 0 Å². The molecule has 3 unspecified atom stereocenters. The lowest BCUT2D eigenvalue weighted by Crippen LogP contribution is -2.37. The average molecular weight is 599 g/mol. The van der Waals surface area contributed by atoms with Crippen molar-refractivity contribution in [2.24, 2.45) is 0 Å². The first kappa shape index (κ1) is 33.0. The summed E-state index contributed by atoms with van der Waals surface area (Å²) in [6.07, 6.45) is 6.10. The summed E-state index contributed by atoms with van der Waals surface area (Å²) < 4.78 is 45.7. The molecule has 3 fully saturated rings. The van der Waals surface area contributed by atoms with Crippen LogP contribution in [0.2, 0.25) is 0 Å². The second-order valence-electron chi connectivity index (χ2n) is 10.7. The highest BCUT2D eigenvalue weighted by molar-refractivity contribution is 5.46. The highest BCUT2D eigenvalue weighted by Gasteiger charge is 2.28. The maximum absolute atomic E-state index is 5.99. The minimum Gasteiger partial charge on any atom is -0.371 e. The van der Waals surface area contributed by atoms with Gasteiger partial charge in [0.2, 0.25) is 17.8 Å². The molecule has 1 aromatic rings. The first-order valence-corrected chi connectivity index (χ1v) is 15.5. The molecule has 3 aliphatic rings. The quantitative estimate of drug-likeness (QED) is 0.0835. The molecule has 14 nitrogen and oxygen atoms in total. The van der Waals surface area contributed by atoms with Crippen molar-refractivity contribution >= 4 is 17.8 Å². The molecule has 4 heterocycles. The number of rotatable bonds is 27. The number of hydrogen-bond donors (Lipinski definition) is 0. The van der Waals surface area contributed by atoms with Gasteiger partial charge in [0.1, 0.15) is 52.5 Å². The normalized spacial score (nSPS) is 20.5. The van der Waals surface area contributed by atoms with Crippen LogP contribution < -0.4 is 14.7 Å². The molecular weight excluding hydrogens is 548 g/mol. The van der Waals surface area contributed by atoms with E-state index in [1.807, 2.05) is 14.7 Å². The SMILES string of the molecule is CCCCOCN(COCC1CO1)c1nc(N(CCCC)COCC2CO2)nc(N(COCCCC)COC2CO2)n1. The second-order valence-corrected chi connectivity index (χ2v) is 10.7. The Kier molecular flexibility index (Phi) is 14.7. The van der Waals surface area contributed by atoms with Crippen LogP contribution in [-0.2, 0) is 37.9 Å². The maximum atomic E-state index is 5.99. The van der Waals surface area contributed by atoms with Gasteiger partial charge in [-0.2, -0.15) is 15.0 Å². The third-order valence-corrected chi connectivity index (χ3v) is 6.63. The van der Waals surface area contributed by atoms with Crippen LogP contribution >= 0.6 is 0 Å². The standard InChI is InChI=1S/C28H50N6O8/c1-4-7-10-32(18-37-13-23-15-39-23)26-29-27(33(19-35-11-8-5-2)21-38-14-24-16-40-24)31-28(30-26)34(20-36-12-9-6-3)22-42-25-17-41-25/h23-25H,4-22H2,1-3H3. The first-order chi connectivity index (χ1) is 20.7. The van der Waals surface area contributed by atoms with Gasteiger partial charge in [0, 0.05) is 19.8 Å². The average Bonchev–Trinajstić information content (AvgIpc) is 3.85. The Morgan fingerprint density at radius 3 is 1.52 bits per heavy atom. The molecule has 0 radical (unpaired) electrons. The fourth-order valence-corrected chi connectivity index (χ4v) is 3.71. The molecule has 0 amide bonds. The molecule has 0 spiro atoms. The molecule has 3 aliphatic heterocycles. The van der Waals surface area contributed by atoms with Crippen LogP contribution in [0.15, 0.2) is 0 Å². The van der Waals surface area contributed by atoms with E-state index in [-0.39, 0.29) is 45.4 Å². The summed E-state index contributed by atoms with van der Waals surface area (Å²) in [7, 11) is 0. The van der Waals surface area contributed by atoms with Crippen LogP contribution in [0.5, 0.6) is 0 Å². The fraction of sp³-hybridized carbons (Fsp3) is 0.893. The number of unbranched alkanes of at least 4 members (excludes halogenated alkanes) is 3. The van der Waals surface area contributed by atoms with Crippen LogP contribution in [0.3, 0.4) is 0 Å². The van der Waals surface area contributed by atoms with E-state index in [9.17, 15) is 0 Å². The summed E-state index contributed by atoms with van der Waals surface area (Å²) in [5, 5.41) is 0. The Hall–Kier alpha value is -1.91. The summed E-state index contributed by atoms with van der Waals surface area (Å²) in [5.74, 6) is 1.38. The molecule has 0 saturated carbocycles. The highest BCUT2D eigenvalue weighted by atomic mass is 16.8. The maximum Gasteiger partial charge on any atom is 0.235 e. The minimum absolute atomic E-state index is 0.145. The highest BCUT2D eigenvalue weighted by Crippen LogP contribution is 2.22. The van der Waals surface area contributed by atoms with Gasteiger partial charge in [-0.3, -0.25) is 9.80 Å². The van der Waals surface area contributed by atoms with Crippen LogP contribution in [0, 0.1) is 0 Å². The van der Waals surface area contributed by atoms with Gasteiger partial charge in [0.25, 0.3) is 0 Å². The number of ether oxygens (including phenoxy) is 8. The predicted molar refractivity (Wildman–Crippen MR) is 155 cm³/mol.